The fraction of sp³-hybridized carbons (Fsp3) is 0.0769. The van der Waals surface area contributed by atoms with E-state index in [4.69, 9.17) is 0 Å². The smallest absolute Gasteiger partial charge is 0.113 e. The van der Waals surface area contributed by atoms with Gasteiger partial charge < -0.3 is 0 Å². The SMILES string of the molecule is BrCc1ccc(-n2nnc3ccccc32)cc1Br. The lowest BCUT2D eigenvalue weighted by molar-refractivity contribution is 0.823. The summed E-state index contributed by atoms with van der Waals surface area (Å²) in [6, 6.07) is 14.1. The van der Waals surface area contributed by atoms with E-state index in [0.29, 0.717) is 0 Å². The zero-order chi connectivity index (χ0) is 12.5. The highest BCUT2D eigenvalue weighted by atomic mass is 79.9. The second-order valence-electron chi connectivity index (χ2n) is 3.90. The molecular formula is C13H9Br2N3. The Balaban J connectivity index is 2.17. The van der Waals surface area contributed by atoms with E-state index >= 15 is 0 Å². The van der Waals surface area contributed by atoms with E-state index < -0.39 is 0 Å². The van der Waals surface area contributed by atoms with Crippen LogP contribution in [0.3, 0.4) is 0 Å². The number of rotatable bonds is 2. The zero-order valence-electron chi connectivity index (χ0n) is 9.35. The highest BCUT2D eigenvalue weighted by molar-refractivity contribution is 9.10. The van der Waals surface area contributed by atoms with Crippen LogP contribution in [-0.4, -0.2) is 15.0 Å². The van der Waals surface area contributed by atoms with Gasteiger partial charge in [0.2, 0.25) is 0 Å². The van der Waals surface area contributed by atoms with Gasteiger partial charge in [0.25, 0.3) is 0 Å². The van der Waals surface area contributed by atoms with Gasteiger partial charge in [-0.05, 0) is 29.8 Å². The summed E-state index contributed by atoms with van der Waals surface area (Å²) in [5.41, 5.74) is 4.12. The second-order valence-corrected chi connectivity index (χ2v) is 5.31. The van der Waals surface area contributed by atoms with Crippen LogP contribution in [0.25, 0.3) is 16.7 Å². The van der Waals surface area contributed by atoms with Crippen molar-refractivity contribution in [2.45, 2.75) is 5.33 Å². The first kappa shape index (κ1) is 11.9. The molecule has 3 aromatic rings. The molecule has 90 valence electrons. The molecule has 0 spiro atoms. The van der Waals surface area contributed by atoms with Gasteiger partial charge in [-0.2, -0.15) is 0 Å². The van der Waals surface area contributed by atoms with Crippen LogP contribution in [0.2, 0.25) is 0 Å². The van der Waals surface area contributed by atoms with Gasteiger partial charge in [-0.15, -0.1) is 5.10 Å². The molecule has 0 amide bonds. The molecule has 0 saturated heterocycles. The van der Waals surface area contributed by atoms with Crippen LogP contribution in [-0.2, 0) is 5.33 Å². The number of aromatic nitrogens is 3. The van der Waals surface area contributed by atoms with Crippen LogP contribution >= 0.6 is 31.9 Å². The molecule has 0 radical (unpaired) electrons. The molecule has 1 heterocycles. The van der Waals surface area contributed by atoms with Gasteiger partial charge in [0.05, 0.1) is 11.2 Å². The van der Waals surface area contributed by atoms with Crippen molar-refractivity contribution in [3.8, 4) is 5.69 Å². The highest BCUT2D eigenvalue weighted by Crippen LogP contribution is 2.24. The molecule has 0 N–H and O–H groups in total. The van der Waals surface area contributed by atoms with Crippen LogP contribution in [0.1, 0.15) is 5.56 Å². The Morgan fingerprint density at radius 1 is 1.11 bits per heavy atom. The summed E-state index contributed by atoms with van der Waals surface area (Å²) in [6.07, 6.45) is 0. The molecule has 5 heteroatoms. The molecule has 1 aromatic heterocycles. The average Bonchev–Trinajstić information content (AvgIpc) is 2.82. The van der Waals surface area contributed by atoms with Crippen LogP contribution < -0.4 is 0 Å². The molecule has 0 fully saturated rings. The van der Waals surface area contributed by atoms with Crippen molar-refractivity contribution in [2.75, 3.05) is 0 Å². The minimum Gasteiger partial charge on any atom is -0.213 e. The van der Waals surface area contributed by atoms with E-state index in [1.54, 1.807) is 0 Å². The molecule has 0 aliphatic carbocycles. The molecule has 0 unspecified atom stereocenters. The first-order chi connectivity index (χ1) is 8.79. The second kappa shape index (κ2) is 4.82. The zero-order valence-corrected chi connectivity index (χ0v) is 12.5. The topological polar surface area (TPSA) is 30.7 Å². The van der Waals surface area contributed by atoms with Crippen LogP contribution in [0.15, 0.2) is 46.9 Å². The summed E-state index contributed by atoms with van der Waals surface area (Å²) in [4.78, 5) is 0. The molecule has 0 atom stereocenters. The lowest BCUT2D eigenvalue weighted by atomic mass is 10.2. The number of hydrogen-bond acceptors (Lipinski definition) is 2. The average molecular weight is 367 g/mol. The maximum atomic E-state index is 4.20. The predicted octanol–water partition coefficient (Wildman–Crippen LogP) is 4.08. The Labute approximate surface area is 121 Å². The van der Waals surface area contributed by atoms with E-state index in [1.807, 2.05) is 35.0 Å². The van der Waals surface area contributed by atoms with Crippen molar-refractivity contribution in [2.24, 2.45) is 0 Å². The maximum absolute atomic E-state index is 4.20. The number of benzene rings is 2. The summed E-state index contributed by atoms with van der Waals surface area (Å²) in [5, 5.41) is 9.18. The minimum atomic E-state index is 0.825. The van der Waals surface area contributed by atoms with Gasteiger partial charge in [0, 0.05) is 9.80 Å². The van der Waals surface area contributed by atoms with E-state index in [9.17, 15) is 0 Å². The van der Waals surface area contributed by atoms with Crippen LogP contribution in [0.4, 0.5) is 0 Å². The van der Waals surface area contributed by atoms with Crippen molar-refractivity contribution in [3.05, 3.63) is 52.5 Å². The first-order valence-electron chi connectivity index (χ1n) is 5.45. The molecule has 0 saturated carbocycles. The fourth-order valence-electron chi connectivity index (χ4n) is 1.84. The third kappa shape index (κ3) is 1.97. The van der Waals surface area contributed by atoms with E-state index in [2.05, 4.69) is 54.3 Å². The molecule has 3 rings (SSSR count). The summed E-state index contributed by atoms with van der Waals surface area (Å²) in [7, 11) is 0. The number of halogens is 2. The Hall–Kier alpha value is -1.20. The third-order valence-electron chi connectivity index (χ3n) is 2.78. The molecule has 0 aliphatic heterocycles. The summed E-state index contributed by atoms with van der Waals surface area (Å²) in [6.45, 7) is 0. The monoisotopic (exact) mass is 365 g/mol. The summed E-state index contributed by atoms with van der Waals surface area (Å²) >= 11 is 7.02. The number of alkyl halides is 1. The van der Waals surface area contributed by atoms with Gasteiger partial charge in [0.15, 0.2) is 0 Å². The normalized spacial score (nSPS) is 11.0. The standard InChI is InChI=1S/C13H9Br2N3/c14-8-9-5-6-10(7-11(9)15)18-13-4-2-1-3-12(13)16-17-18/h1-7H,8H2. The van der Waals surface area contributed by atoms with Crippen molar-refractivity contribution in [1.82, 2.24) is 15.0 Å². The Bertz CT molecular complexity index is 706. The number of nitrogens with zero attached hydrogens (tertiary/aromatic N) is 3. The summed E-state index contributed by atoms with van der Waals surface area (Å²) in [5.74, 6) is 0. The van der Waals surface area contributed by atoms with Crippen molar-refractivity contribution < 1.29 is 0 Å². The largest absolute Gasteiger partial charge is 0.213 e. The molecule has 2 aromatic carbocycles. The Morgan fingerprint density at radius 3 is 2.72 bits per heavy atom. The van der Waals surface area contributed by atoms with Crippen molar-refractivity contribution in [3.63, 3.8) is 0 Å². The summed E-state index contributed by atoms with van der Waals surface area (Å²) < 4.78 is 2.91. The van der Waals surface area contributed by atoms with Gasteiger partial charge in [-0.25, -0.2) is 4.68 Å². The maximum Gasteiger partial charge on any atom is 0.113 e. The third-order valence-corrected chi connectivity index (χ3v) is 4.12. The van der Waals surface area contributed by atoms with Crippen LogP contribution in [0, 0.1) is 0 Å². The Kier molecular flexibility index (Phi) is 3.18. The van der Waals surface area contributed by atoms with Gasteiger partial charge >= 0.3 is 0 Å². The highest BCUT2D eigenvalue weighted by Gasteiger charge is 2.07. The van der Waals surface area contributed by atoms with Crippen molar-refractivity contribution in [1.29, 1.82) is 0 Å². The van der Waals surface area contributed by atoms with Gasteiger partial charge in [-0.3, -0.25) is 0 Å². The molecule has 18 heavy (non-hydrogen) atoms. The first-order valence-corrected chi connectivity index (χ1v) is 7.36. The molecule has 0 bridgehead atoms. The lowest BCUT2D eigenvalue weighted by Crippen LogP contribution is -1.97. The van der Waals surface area contributed by atoms with E-state index in [-0.39, 0.29) is 0 Å². The Morgan fingerprint density at radius 2 is 1.94 bits per heavy atom. The predicted molar refractivity (Wildman–Crippen MR) is 79.2 cm³/mol. The number of para-hydroxylation sites is 1. The van der Waals surface area contributed by atoms with Gasteiger partial charge in [-0.1, -0.05) is 55.3 Å². The molecular weight excluding hydrogens is 358 g/mol. The lowest BCUT2D eigenvalue weighted by Gasteiger charge is -2.05. The quantitative estimate of drug-likeness (QED) is 0.640. The molecule has 0 aliphatic rings. The van der Waals surface area contributed by atoms with Crippen molar-refractivity contribution >= 4 is 42.9 Å². The van der Waals surface area contributed by atoms with E-state index in [1.165, 1.54) is 5.56 Å². The molecule has 3 nitrogen and oxygen atoms in total. The van der Waals surface area contributed by atoms with Crippen LogP contribution in [0.5, 0.6) is 0 Å². The minimum absolute atomic E-state index is 0.825. The van der Waals surface area contributed by atoms with Gasteiger partial charge in [0.1, 0.15) is 5.52 Å². The number of hydrogen-bond donors (Lipinski definition) is 0. The fourth-order valence-corrected chi connectivity index (χ4v) is 3.21. The van der Waals surface area contributed by atoms with E-state index in [0.717, 1.165) is 26.5 Å². The number of fused-ring (bicyclic) bond motifs is 1.